The van der Waals surface area contributed by atoms with Gasteiger partial charge in [0.1, 0.15) is 12.3 Å². The maximum Gasteiger partial charge on any atom is 0.338 e. The highest BCUT2D eigenvalue weighted by atomic mass is 16.2. The van der Waals surface area contributed by atoms with Crippen LogP contribution in [0.15, 0.2) is 4.99 Å². The highest BCUT2D eigenvalue weighted by molar-refractivity contribution is 5.90. The lowest BCUT2D eigenvalue weighted by Gasteiger charge is -2.22. The number of nitrogens with two attached hydrogens (primary N) is 5. The Balaban J connectivity index is 4.92. The van der Waals surface area contributed by atoms with Crippen LogP contribution in [0.25, 0.3) is 0 Å². The average Bonchev–Trinajstić information content (AvgIpc) is 2.71. The number of rotatable bonds is 17. The minimum atomic E-state index is -0.854. The van der Waals surface area contributed by atoms with Gasteiger partial charge in [-0.1, -0.05) is 0 Å². The number of hydrogen-bond acceptors (Lipinski definition) is 5. The van der Waals surface area contributed by atoms with Crippen molar-refractivity contribution in [3.05, 3.63) is 0 Å². The molecule has 0 aromatic rings. The molecule has 13 heteroatoms. The lowest BCUT2D eigenvalue weighted by molar-refractivity contribution is -0.459. The van der Waals surface area contributed by atoms with Crippen LogP contribution in [0.2, 0.25) is 0 Å². The highest BCUT2D eigenvalue weighted by Crippen LogP contribution is 2.03. The molecule has 0 heterocycles. The number of unbranched alkanes of at least 4 members (excludes halogenated alkanes) is 1. The van der Waals surface area contributed by atoms with E-state index in [9.17, 15) is 14.4 Å². The SMILES string of the molecule is NC(N)=NCCC[C@@H](C=O)NC(=O)[C@H](CCC[NH+]=C(N)N)NC(=O)[C@@H](N)CCCC[NH3+]. The Kier molecular flexibility index (Phi) is 15.2. The first-order chi connectivity index (χ1) is 14.7. The van der Waals surface area contributed by atoms with Gasteiger partial charge in [-0.2, -0.15) is 0 Å². The van der Waals surface area contributed by atoms with Crippen LogP contribution >= 0.6 is 0 Å². The van der Waals surface area contributed by atoms with E-state index in [4.69, 9.17) is 28.7 Å². The molecule has 0 unspecified atom stereocenters. The van der Waals surface area contributed by atoms with Crippen molar-refractivity contribution in [3.63, 3.8) is 0 Å². The number of nitrogens with zero attached hydrogens (tertiary/aromatic N) is 1. The highest BCUT2D eigenvalue weighted by Gasteiger charge is 2.25. The predicted molar refractivity (Wildman–Crippen MR) is 118 cm³/mol. The summed E-state index contributed by atoms with van der Waals surface area (Å²) in [4.78, 5) is 43.1. The second-order valence-corrected chi connectivity index (χ2v) is 7.24. The maximum atomic E-state index is 12.7. The van der Waals surface area contributed by atoms with Crippen molar-refractivity contribution in [1.29, 1.82) is 0 Å². The fourth-order valence-electron chi connectivity index (χ4n) is 2.74. The first kappa shape index (κ1) is 28.1. The number of quaternary nitrogens is 1. The molecule has 0 bridgehead atoms. The quantitative estimate of drug-likeness (QED) is 0.0450. The zero-order valence-corrected chi connectivity index (χ0v) is 18.1. The van der Waals surface area contributed by atoms with E-state index in [1.54, 1.807) is 0 Å². The summed E-state index contributed by atoms with van der Waals surface area (Å²) >= 11 is 0. The molecule has 0 fully saturated rings. The summed E-state index contributed by atoms with van der Waals surface area (Å²) in [6.07, 6.45) is 4.46. The lowest BCUT2D eigenvalue weighted by atomic mass is 10.1. The number of hydrogen-bond donors (Lipinski definition) is 9. The van der Waals surface area contributed by atoms with Crippen LogP contribution in [0.5, 0.6) is 0 Å². The monoisotopic (exact) mass is 444 g/mol. The van der Waals surface area contributed by atoms with Gasteiger partial charge >= 0.3 is 5.96 Å². The van der Waals surface area contributed by atoms with Crippen LogP contribution in [0.1, 0.15) is 44.9 Å². The normalized spacial score (nSPS) is 13.4. The Hall–Kier alpha value is -2.93. The van der Waals surface area contributed by atoms with Gasteiger partial charge in [-0.25, -0.2) is 0 Å². The Morgan fingerprint density at radius 3 is 2.26 bits per heavy atom. The van der Waals surface area contributed by atoms with E-state index in [-0.39, 0.29) is 11.9 Å². The molecule has 0 rings (SSSR count). The molecule has 16 N–H and O–H groups in total. The standard InChI is InChI=1S/C18H38N10O3/c19-8-2-1-6-13(20)15(30)28-14(7-4-10-26-18(23)24)16(31)27-12(11-29)5-3-9-25-17(21)22/h11-14H,1-10,19-20H2,(H,27,31)(H,28,30)(H4,21,22,25)(H4,23,24,26)/p+2/t12-,13-,14-/m0/s1. The van der Waals surface area contributed by atoms with Crippen molar-refractivity contribution in [1.82, 2.24) is 10.6 Å². The number of guanidine groups is 2. The Labute approximate surface area is 182 Å². The van der Waals surface area contributed by atoms with E-state index in [1.165, 1.54) is 0 Å². The van der Waals surface area contributed by atoms with Crippen molar-refractivity contribution < 1.29 is 25.1 Å². The summed E-state index contributed by atoms with van der Waals surface area (Å²) in [6, 6.07) is -2.31. The van der Waals surface area contributed by atoms with Crippen molar-refractivity contribution in [2.75, 3.05) is 19.6 Å². The Bertz CT molecular complexity index is 603. The molecule has 2 amide bonds. The molecule has 0 aliphatic heterocycles. The zero-order valence-electron chi connectivity index (χ0n) is 18.1. The van der Waals surface area contributed by atoms with Crippen molar-refractivity contribution in [2.45, 2.75) is 63.1 Å². The summed E-state index contributed by atoms with van der Waals surface area (Å²) in [7, 11) is 0. The summed E-state index contributed by atoms with van der Waals surface area (Å²) in [5, 5.41) is 5.33. The molecule has 178 valence electrons. The molecular formula is C18H40N10O3+2. The van der Waals surface area contributed by atoms with Gasteiger partial charge in [-0.05, 0) is 44.9 Å². The second kappa shape index (κ2) is 16.8. The summed E-state index contributed by atoms with van der Waals surface area (Å²) in [5.41, 5.74) is 30.9. The summed E-state index contributed by atoms with van der Waals surface area (Å²) < 4.78 is 0. The molecule has 0 aromatic carbocycles. The molecule has 31 heavy (non-hydrogen) atoms. The third-order valence-electron chi connectivity index (χ3n) is 4.44. The van der Waals surface area contributed by atoms with Gasteiger partial charge in [0.05, 0.1) is 25.2 Å². The van der Waals surface area contributed by atoms with Gasteiger partial charge in [0, 0.05) is 6.54 Å². The van der Waals surface area contributed by atoms with Crippen molar-refractivity contribution in [2.24, 2.45) is 33.7 Å². The number of nitrogens with one attached hydrogen (secondary N) is 3. The molecule has 3 atom stereocenters. The van der Waals surface area contributed by atoms with Crippen molar-refractivity contribution in [3.8, 4) is 0 Å². The summed E-state index contributed by atoms with van der Waals surface area (Å²) in [6.45, 7) is 1.53. The number of aliphatic imine (C=N–C) groups is 1. The Morgan fingerprint density at radius 1 is 0.968 bits per heavy atom. The largest absolute Gasteiger partial charge is 0.370 e. The first-order valence-corrected chi connectivity index (χ1v) is 10.5. The zero-order chi connectivity index (χ0) is 23.6. The van der Waals surface area contributed by atoms with E-state index < -0.39 is 29.9 Å². The van der Waals surface area contributed by atoms with Crippen LogP contribution in [0.3, 0.4) is 0 Å². The molecule has 0 aromatic heterocycles. The van der Waals surface area contributed by atoms with E-state index in [0.717, 1.165) is 19.4 Å². The van der Waals surface area contributed by atoms with Crippen molar-refractivity contribution >= 4 is 30.0 Å². The van der Waals surface area contributed by atoms with E-state index in [0.29, 0.717) is 51.5 Å². The predicted octanol–water partition coefficient (Wildman–Crippen LogP) is -5.92. The smallest absolute Gasteiger partial charge is 0.338 e. The van der Waals surface area contributed by atoms with Crippen LogP contribution in [0, 0.1) is 0 Å². The minimum absolute atomic E-state index is 0.0371. The Morgan fingerprint density at radius 2 is 1.68 bits per heavy atom. The third-order valence-corrected chi connectivity index (χ3v) is 4.44. The number of amides is 2. The van der Waals surface area contributed by atoms with Gasteiger partial charge in [-0.3, -0.25) is 31.0 Å². The molecule has 13 nitrogen and oxygen atoms in total. The third kappa shape index (κ3) is 14.7. The molecular weight excluding hydrogens is 404 g/mol. The van der Waals surface area contributed by atoms with Crippen LogP contribution in [-0.2, 0) is 14.4 Å². The molecule has 0 aliphatic rings. The minimum Gasteiger partial charge on any atom is -0.370 e. The average molecular weight is 445 g/mol. The molecule has 0 radical (unpaired) electrons. The number of carbonyl (C=O) groups is 3. The van der Waals surface area contributed by atoms with Gasteiger partial charge in [0.25, 0.3) is 0 Å². The van der Waals surface area contributed by atoms with Crippen LogP contribution in [-0.4, -0.2) is 67.8 Å². The lowest BCUT2D eigenvalue weighted by Crippen LogP contribution is -2.78. The number of aldehydes is 1. The van der Waals surface area contributed by atoms with Crippen LogP contribution in [0.4, 0.5) is 0 Å². The topological polar surface area (TPSA) is 259 Å². The van der Waals surface area contributed by atoms with E-state index >= 15 is 0 Å². The van der Waals surface area contributed by atoms with Gasteiger partial charge in [0.2, 0.25) is 11.8 Å². The van der Waals surface area contributed by atoms with Gasteiger partial charge in [0.15, 0.2) is 5.96 Å². The molecule has 0 saturated carbocycles. The van der Waals surface area contributed by atoms with Gasteiger partial charge in [-0.15, -0.1) is 0 Å². The maximum absolute atomic E-state index is 12.7. The fraction of sp³-hybridized carbons (Fsp3) is 0.722. The second-order valence-electron chi connectivity index (χ2n) is 7.24. The van der Waals surface area contributed by atoms with Crippen LogP contribution < -0.4 is 50.0 Å². The molecule has 0 saturated heterocycles. The molecule has 0 spiro atoms. The first-order valence-electron chi connectivity index (χ1n) is 10.5. The fourth-order valence-corrected chi connectivity index (χ4v) is 2.74. The number of carbonyl (C=O) groups excluding carboxylic acids is 3. The van der Waals surface area contributed by atoms with E-state index in [2.05, 4.69) is 26.4 Å². The van der Waals surface area contributed by atoms with Gasteiger partial charge < -0.3 is 38.4 Å². The van der Waals surface area contributed by atoms with E-state index in [1.807, 2.05) is 0 Å². The molecule has 0 aliphatic carbocycles. The summed E-state index contributed by atoms with van der Waals surface area (Å²) in [5.74, 6) is -0.858.